The predicted molar refractivity (Wildman–Crippen MR) is 108 cm³/mol. The summed E-state index contributed by atoms with van der Waals surface area (Å²) in [6, 6.07) is 0. The van der Waals surface area contributed by atoms with Crippen molar-refractivity contribution >= 4 is 23.2 Å². The molecule has 6 nitrogen and oxygen atoms in total. The van der Waals surface area contributed by atoms with Gasteiger partial charge in [-0.2, -0.15) is 0 Å². The fraction of sp³-hybridized carbons (Fsp3) is 0.667. The Bertz CT molecular complexity index is 803. The molecule has 0 saturated carbocycles. The Morgan fingerprint density at radius 1 is 1.46 bits per heavy atom. The molecule has 1 aromatic heterocycles. The number of likely N-dealkylation sites (tertiary alicyclic amines) is 1. The molecule has 2 bridgehead atoms. The number of carbonyl (C=O) groups is 2. The predicted octanol–water partition coefficient (Wildman–Crippen LogP) is 2.63. The van der Waals surface area contributed by atoms with E-state index >= 15 is 0 Å². The van der Waals surface area contributed by atoms with E-state index in [1.807, 2.05) is 29.4 Å². The number of amides is 2. The molecule has 2 saturated heterocycles. The summed E-state index contributed by atoms with van der Waals surface area (Å²) in [7, 11) is 1.79. The van der Waals surface area contributed by atoms with Gasteiger partial charge in [0.05, 0.1) is 31.0 Å². The van der Waals surface area contributed by atoms with E-state index in [1.54, 1.807) is 23.3 Å². The van der Waals surface area contributed by atoms with Gasteiger partial charge in [-0.1, -0.05) is 38.8 Å². The zero-order chi connectivity index (χ0) is 20.1. The van der Waals surface area contributed by atoms with Gasteiger partial charge >= 0.3 is 0 Å². The molecule has 0 N–H and O–H groups in total. The van der Waals surface area contributed by atoms with Gasteiger partial charge in [0.1, 0.15) is 10.6 Å². The quantitative estimate of drug-likeness (QED) is 0.657. The maximum absolute atomic E-state index is 13.3. The van der Waals surface area contributed by atoms with Gasteiger partial charge in [0.25, 0.3) is 0 Å². The van der Waals surface area contributed by atoms with Crippen molar-refractivity contribution in [3.63, 3.8) is 0 Å². The summed E-state index contributed by atoms with van der Waals surface area (Å²) in [5.41, 5.74) is 0.348. The molecule has 4 rings (SSSR count). The second-order valence-electron chi connectivity index (χ2n) is 8.38. The highest BCUT2D eigenvalue weighted by Gasteiger charge is 2.67. The summed E-state index contributed by atoms with van der Waals surface area (Å²) < 4.78 is 6.24. The number of aryl methyl sites for hydroxylation is 1. The van der Waals surface area contributed by atoms with E-state index in [4.69, 9.17) is 4.74 Å². The van der Waals surface area contributed by atoms with Gasteiger partial charge in [-0.05, 0) is 12.8 Å². The van der Waals surface area contributed by atoms with Crippen LogP contribution in [0.4, 0.5) is 0 Å². The Morgan fingerprint density at radius 3 is 2.86 bits per heavy atom. The molecule has 0 unspecified atom stereocenters. The minimum absolute atomic E-state index is 0.0215. The molecule has 152 valence electrons. The van der Waals surface area contributed by atoms with Gasteiger partial charge in [-0.25, -0.2) is 4.98 Å². The molecule has 3 aliphatic heterocycles. The Kier molecular flexibility index (Phi) is 5.08. The Balaban J connectivity index is 1.52. The summed E-state index contributed by atoms with van der Waals surface area (Å²) >= 11 is 1.56. The van der Waals surface area contributed by atoms with Crippen LogP contribution >= 0.6 is 11.3 Å². The lowest BCUT2D eigenvalue weighted by Crippen LogP contribution is -2.44. The van der Waals surface area contributed by atoms with Crippen LogP contribution in [0.5, 0.6) is 0 Å². The summed E-state index contributed by atoms with van der Waals surface area (Å²) in [4.78, 5) is 34.6. The number of ether oxygens (including phenoxy) is 1. The Morgan fingerprint density at radius 2 is 2.21 bits per heavy atom. The molecule has 3 aliphatic rings. The number of hydrogen-bond donors (Lipinski definition) is 0. The largest absolute Gasteiger partial charge is 0.360 e. The number of carbonyl (C=O) groups excluding carboxylic acids is 2. The van der Waals surface area contributed by atoms with Crippen molar-refractivity contribution in [3.05, 3.63) is 28.2 Å². The summed E-state index contributed by atoms with van der Waals surface area (Å²) in [6.45, 7) is 8.07. The van der Waals surface area contributed by atoms with Gasteiger partial charge in [0.2, 0.25) is 11.8 Å². The molecule has 7 heteroatoms. The van der Waals surface area contributed by atoms with Crippen molar-refractivity contribution in [2.24, 2.45) is 17.8 Å². The Labute approximate surface area is 170 Å². The number of nitrogens with zero attached hydrogens (tertiary/aromatic N) is 3. The van der Waals surface area contributed by atoms with Crippen molar-refractivity contribution < 1.29 is 14.3 Å². The Hall–Kier alpha value is -1.73. The maximum atomic E-state index is 13.3. The highest BCUT2D eigenvalue weighted by atomic mass is 32.1. The first-order valence-corrected chi connectivity index (χ1v) is 11.1. The second-order valence-corrected chi connectivity index (χ2v) is 9.32. The maximum Gasteiger partial charge on any atom is 0.230 e. The van der Waals surface area contributed by atoms with Crippen molar-refractivity contribution in [1.29, 1.82) is 0 Å². The number of rotatable bonds is 7. The molecule has 0 radical (unpaired) electrons. The van der Waals surface area contributed by atoms with Crippen LogP contribution in [-0.2, 0) is 20.9 Å². The van der Waals surface area contributed by atoms with Crippen LogP contribution in [0.1, 0.15) is 37.4 Å². The number of fused-ring (bicyclic) bond motifs is 1. The van der Waals surface area contributed by atoms with Gasteiger partial charge in [-0.15, -0.1) is 11.3 Å². The van der Waals surface area contributed by atoms with Crippen molar-refractivity contribution in [1.82, 2.24) is 14.8 Å². The number of thiazole rings is 1. The molecular weight excluding hydrogens is 374 g/mol. The molecule has 2 amide bonds. The lowest BCUT2D eigenvalue weighted by Gasteiger charge is -2.27. The van der Waals surface area contributed by atoms with E-state index in [0.717, 1.165) is 30.1 Å². The lowest BCUT2D eigenvalue weighted by atomic mass is 9.76. The smallest absolute Gasteiger partial charge is 0.230 e. The fourth-order valence-corrected chi connectivity index (χ4v) is 5.71. The van der Waals surface area contributed by atoms with Gasteiger partial charge in [0, 0.05) is 24.7 Å². The lowest BCUT2D eigenvalue weighted by molar-refractivity contribution is -0.142. The number of hydrogen-bond acceptors (Lipinski definition) is 5. The van der Waals surface area contributed by atoms with Gasteiger partial charge in [0.15, 0.2) is 0 Å². The monoisotopic (exact) mass is 403 g/mol. The fourth-order valence-electron chi connectivity index (χ4n) is 4.88. The highest BCUT2D eigenvalue weighted by Crippen LogP contribution is 2.52. The third kappa shape index (κ3) is 3.08. The van der Waals surface area contributed by atoms with Crippen LogP contribution in [0.2, 0.25) is 0 Å². The average Bonchev–Trinajstić information content (AvgIpc) is 3.41. The normalized spacial score (nSPS) is 30.5. The topological polar surface area (TPSA) is 62.7 Å². The van der Waals surface area contributed by atoms with Crippen molar-refractivity contribution in [2.45, 2.75) is 51.9 Å². The summed E-state index contributed by atoms with van der Waals surface area (Å²) in [6.07, 6.45) is 5.82. The van der Waals surface area contributed by atoms with Crippen LogP contribution < -0.4 is 0 Å². The van der Waals surface area contributed by atoms with E-state index in [2.05, 4.69) is 18.8 Å². The van der Waals surface area contributed by atoms with Crippen LogP contribution in [0, 0.1) is 24.7 Å². The van der Waals surface area contributed by atoms with Crippen LogP contribution in [0.15, 0.2) is 17.5 Å². The van der Waals surface area contributed by atoms with Gasteiger partial charge in [-0.3, -0.25) is 9.59 Å². The zero-order valence-electron chi connectivity index (χ0n) is 17.1. The molecule has 2 fully saturated rings. The summed E-state index contributed by atoms with van der Waals surface area (Å²) in [5.74, 6) is -0.284. The van der Waals surface area contributed by atoms with E-state index in [0.29, 0.717) is 19.0 Å². The molecule has 1 spiro atoms. The molecule has 0 aliphatic carbocycles. The molecule has 4 heterocycles. The van der Waals surface area contributed by atoms with Gasteiger partial charge < -0.3 is 14.5 Å². The first kappa shape index (κ1) is 19.6. The summed E-state index contributed by atoms with van der Waals surface area (Å²) in [5, 5.41) is 2.90. The minimum atomic E-state index is -0.618. The first-order valence-electron chi connectivity index (χ1n) is 10.2. The van der Waals surface area contributed by atoms with Crippen molar-refractivity contribution in [3.8, 4) is 0 Å². The molecular formula is C21H29N3O3S. The van der Waals surface area contributed by atoms with Crippen molar-refractivity contribution in [2.75, 3.05) is 20.1 Å². The third-order valence-corrected chi connectivity index (χ3v) is 7.46. The zero-order valence-corrected chi connectivity index (χ0v) is 17.9. The van der Waals surface area contributed by atoms with E-state index in [1.165, 1.54) is 0 Å². The highest BCUT2D eigenvalue weighted by molar-refractivity contribution is 7.09. The SMILES string of the molecule is CCC(CC)CN1C[C@]23C=C[C@H](O2)[C@@H](C(=O)N(C)Cc2nc(C)cs2)[C@@H]3C1=O. The van der Waals surface area contributed by atoms with E-state index in [-0.39, 0.29) is 17.9 Å². The average molecular weight is 404 g/mol. The van der Waals surface area contributed by atoms with Crippen LogP contribution in [0.3, 0.4) is 0 Å². The van der Waals surface area contributed by atoms with E-state index < -0.39 is 17.4 Å². The molecule has 1 aromatic rings. The molecule has 0 aromatic carbocycles. The number of aromatic nitrogens is 1. The molecule has 28 heavy (non-hydrogen) atoms. The third-order valence-electron chi connectivity index (χ3n) is 6.51. The first-order chi connectivity index (χ1) is 13.4. The second kappa shape index (κ2) is 7.26. The van der Waals surface area contributed by atoms with E-state index in [9.17, 15) is 9.59 Å². The van der Waals surface area contributed by atoms with Crippen LogP contribution in [0.25, 0.3) is 0 Å². The van der Waals surface area contributed by atoms with Crippen LogP contribution in [-0.4, -0.2) is 58.4 Å². The standard InChI is InChI=1S/C21H29N3O3S/c1-5-14(6-2)9-24-12-21-8-7-15(27-21)17(18(21)20(24)26)19(25)23(4)10-16-22-13(3)11-28-16/h7-8,11,14-15,17-18H,5-6,9-10,12H2,1-4H3/t15-,17+,18+,21-/m0/s1. The molecule has 4 atom stereocenters. The minimum Gasteiger partial charge on any atom is -0.360 e.